The summed E-state index contributed by atoms with van der Waals surface area (Å²) in [5.41, 5.74) is 6.65. The average Bonchev–Trinajstić information content (AvgIpc) is 2.03. The van der Waals surface area contributed by atoms with Gasteiger partial charge in [-0.1, -0.05) is 28.1 Å². The first-order chi connectivity index (χ1) is 5.66. The van der Waals surface area contributed by atoms with Gasteiger partial charge in [0.15, 0.2) is 0 Å². The molecule has 0 aliphatic heterocycles. The van der Waals surface area contributed by atoms with Gasteiger partial charge in [0.1, 0.15) is 0 Å². The van der Waals surface area contributed by atoms with Crippen molar-refractivity contribution in [3.8, 4) is 0 Å². The first-order valence-electron chi connectivity index (χ1n) is 3.30. The molecule has 1 aromatic carbocycles. The van der Waals surface area contributed by atoms with Crippen LogP contribution in [0.4, 0.5) is 0 Å². The van der Waals surface area contributed by atoms with Crippen LogP contribution in [0.25, 0.3) is 0 Å². The first-order valence-corrected chi connectivity index (χ1v) is 5.21. The van der Waals surface area contributed by atoms with Crippen molar-refractivity contribution in [3.05, 3.63) is 33.8 Å². The zero-order valence-corrected chi connectivity index (χ0v) is 9.35. The van der Waals surface area contributed by atoms with E-state index in [0.29, 0.717) is 10.9 Å². The summed E-state index contributed by atoms with van der Waals surface area (Å²) in [5, 5.41) is 0.630. The fourth-order valence-corrected chi connectivity index (χ4v) is 2.03. The number of primary amides is 1. The summed E-state index contributed by atoms with van der Waals surface area (Å²) in [6.07, 6.45) is 0. The van der Waals surface area contributed by atoms with Crippen molar-refractivity contribution in [1.29, 1.82) is 0 Å². The molecule has 0 heterocycles. The summed E-state index contributed by atoms with van der Waals surface area (Å²) in [4.78, 5) is 11.0. The van der Waals surface area contributed by atoms with Gasteiger partial charge in [-0.2, -0.15) is 0 Å². The highest BCUT2D eigenvalue weighted by Crippen LogP contribution is 2.21. The molecule has 1 rings (SSSR count). The summed E-state index contributed by atoms with van der Waals surface area (Å²) in [7, 11) is 0. The molecule has 2 N–H and O–H groups in total. The van der Waals surface area contributed by atoms with Crippen LogP contribution in [-0.2, 0) is 5.33 Å². The van der Waals surface area contributed by atoms with Gasteiger partial charge >= 0.3 is 0 Å². The second-order valence-corrected chi connectivity index (χ2v) is 3.69. The van der Waals surface area contributed by atoms with Crippen molar-refractivity contribution in [2.45, 2.75) is 5.33 Å². The van der Waals surface area contributed by atoms with Gasteiger partial charge in [-0.15, -0.1) is 0 Å². The van der Waals surface area contributed by atoms with Gasteiger partial charge in [0.2, 0.25) is 5.91 Å². The Morgan fingerprint density at radius 2 is 2.17 bits per heavy atom. The Morgan fingerprint density at radius 1 is 1.50 bits per heavy atom. The molecule has 0 radical (unpaired) electrons. The van der Waals surface area contributed by atoms with Crippen molar-refractivity contribution >= 4 is 37.8 Å². The number of rotatable bonds is 2. The molecule has 0 aliphatic carbocycles. The summed E-state index contributed by atoms with van der Waals surface area (Å²) in [6, 6.07) is 5.53. The molecule has 0 spiro atoms. The standard InChI is InChI=1S/C8H7Br2NO/c9-4-5-2-1-3-6(10)7(5)8(11)12/h1-3H,4H2,(H2,11,12). The molecule has 2 nitrogen and oxygen atoms in total. The lowest BCUT2D eigenvalue weighted by Gasteiger charge is -2.04. The summed E-state index contributed by atoms with van der Waals surface area (Å²) in [6.45, 7) is 0. The maximum absolute atomic E-state index is 11.0. The molecule has 0 bridgehead atoms. The zero-order valence-electron chi connectivity index (χ0n) is 6.18. The van der Waals surface area contributed by atoms with Crippen LogP contribution in [0.2, 0.25) is 0 Å². The maximum Gasteiger partial charge on any atom is 0.250 e. The molecule has 12 heavy (non-hydrogen) atoms. The quantitative estimate of drug-likeness (QED) is 0.836. The Balaban J connectivity index is 3.29. The van der Waals surface area contributed by atoms with E-state index in [1.807, 2.05) is 12.1 Å². The van der Waals surface area contributed by atoms with Gasteiger partial charge in [0.05, 0.1) is 5.56 Å². The molecule has 0 saturated carbocycles. The van der Waals surface area contributed by atoms with E-state index in [0.717, 1.165) is 10.0 Å². The largest absolute Gasteiger partial charge is 0.366 e. The Kier molecular flexibility index (Phi) is 3.29. The molecule has 0 atom stereocenters. The molecular weight excluding hydrogens is 286 g/mol. The van der Waals surface area contributed by atoms with Crippen molar-refractivity contribution in [1.82, 2.24) is 0 Å². The van der Waals surface area contributed by atoms with Crippen molar-refractivity contribution in [2.24, 2.45) is 5.73 Å². The SMILES string of the molecule is NC(=O)c1c(Br)cccc1CBr. The number of halogens is 2. The van der Waals surface area contributed by atoms with E-state index in [9.17, 15) is 4.79 Å². The normalized spacial score (nSPS) is 9.83. The lowest BCUT2D eigenvalue weighted by Crippen LogP contribution is -2.14. The van der Waals surface area contributed by atoms with Crippen molar-refractivity contribution in [3.63, 3.8) is 0 Å². The molecule has 64 valence electrons. The van der Waals surface area contributed by atoms with Gasteiger partial charge < -0.3 is 5.73 Å². The van der Waals surface area contributed by atoms with E-state index >= 15 is 0 Å². The molecule has 4 heteroatoms. The van der Waals surface area contributed by atoms with E-state index in [-0.39, 0.29) is 0 Å². The Morgan fingerprint density at radius 3 is 2.58 bits per heavy atom. The van der Waals surface area contributed by atoms with E-state index in [4.69, 9.17) is 5.73 Å². The number of amides is 1. The van der Waals surface area contributed by atoms with Crippen molar-refractivity contribution < 1.29 is 4.79 Å². The number of carbonyl (C=O) groups is 1. The third-order valence-corrected chi connectivity index (χ3v) is 2.76. The zero-order chi connectivity index (χ0) is 9.14. The van der Waals surface area contributed by atoms with Crippen LogP contribution >= 0.6 is 31.9 Å². The lowest BCUT2D eigenvalue weighted by molar-refractivity contribution is 0.0999. The van der Waals surface area contributed by atoms with Gasteiger partial charge in [0.25, 0.3) is 0 Å². The van der Waals surface area contributed by atoms with Crippen LogP contribution in [0.5, 0.6) is 0 Å². The fraction of sp³-hybridized carbons (Fsp3) is 0.125. The van der Waals surface area contributed by atoms with Gasteiger partial charge in [-0.25, -0.2) is 0 Å². The van der Waals surface area contributed by atoms with Crippen LogP contribution in [0.1, 0.15) is 15.9 Å². The summed E-state index contributed by atoms with van der Waals surface area (Å²) >= 11 is 6.55. The smallest absolute Gasteiger partial charge is 0.250 e. The van der Waals surface area contributed by atoms with Crippen LogP contribution in [0.3, 0.4) is 0 Å². The number of hydrogen-bond donors (Lipinski definition) is 1. The Hall–Kier alpha value is -0.350. The minimum atomic E-state index is -0.406. The van der Waals surface area contributed by atoms with Crippen LogP contribution < -0.4 is 5.73 Å². The molecule has 0 fully saturated rings. The molecule has 0 saturated heterocycles. The van der Waals surface area contributed by atoms with Gasteiger partial charge in [-0.3, -0.25) is 4.79 Å². The molecule has 0 aromatic heterocycles. The lowest BCUT2D eigenvalue weighted by atomic mass is 10.1. The number of nitrogens with two attached hydrogens (primary N) is 1. The summed E-state index contributed by atoms with van der Waals surface area (Å²) < 4.78 is 0.743. The van der Waals surface area contributed by atoms with E-state index < -0.39 is 5.91 Å². The van der Waals surface area contributed by atoms with Crippen molar-refractivity contribution in [2.75, 3.05) is 0 Å². The van der Waals surface area contributed by atoms with Crippen LogP contribution in [-0.4, -0.2) is 5.91 Å². The molecular formula is C8H7Br2NO. The molecule has 0 unspecified atom stereocenters. The second kappa shape index (κ2) is 4.05. The molecule has 1 aromatic rings. The number of benzene rings is 1. The third kappa shape index (κ3) is 1.87. The van der Waals surface area contributed by atoms with Crippen LogP contribution in [0.15, 0.2) is 22.7 Å². The Bertz CT molecular complexity index is 312. The maximum atomic E-state index is 11.0. The van der Waals surface area contributed by atoms with Gasteiger partial charge in [-0.05, 0) is 27.6 Å². The highest BCUT2D eigenvalue weighted by Gasteiger charge is 2.10. The predicted molar refractivity (Wildman–Crippen MR) is 55.3 cm³/mol. The topological polar surface area (TPSA) is 43.1 Å². The minimum Gasteiger partial charge on any atom is -0.366 e. The third-order valence-electron chi connectivity index (χ3n) is 1.49. The minimum absolute atomic E-state index is 0.406. The second-order valence-electron chi connectivity index (χ2n) is 2.27. The first kappa shape index (κ1) is 9.74. The summed E-state index contributed by atoms with van der Waals surface area (Å²) in [5.74, 6) is -0.406. The highest BCUT2D eigenvalue weighted by atomic mass is 79.9. The van der Waals surface area contributed by atoms with E-state index in [1.165, 1.54) is 0 Å². The van der Waals surface area contributed by atoms with E-state index in [1.54, 1.807) is 6.07 Å². The monoisotopic (exact) mass is 291 g/mol. The number of alkyl halides is 1. The average molecular weight is 293 g/mol. The number of carbonyl (C=O) groups excluding carboxylic acids is 1. The van der Waals surface area contributed by atoms with Gasteiger partial charge in [0, 0.05) is 9.80 Å². The Labute approximate surface area is 87.4 Å². The fourth-order valence-electron chi connectivity index (χ4n) is 0.956. The molecule has 0 aliphatic rings. The van der Waals surface area contributed by atoms with Crippen LogP contribution in [0, 0.1) is 0 Å². The van der Waals surface area contributed by atoms with E-state index in [2.05, 4.69) is 31.9 Å². The molecule has 1 amide bonds. The highest BCUT2D eigenvalue weighted by molar-refractivity contribution is 9.10. The predicted octanol–water partition coefficient (Wildman–Crippen LogP) is 2.44. The number of hydrogen-bond acceptors (Lipinski definition) is 1.